The summed E-state index contributed by atoms with van der Waals surface area (Å²) in [5.41, 5.74) is 1.22. The minimum Gasteiger partial charge on any atom is -0.412 e. The average Bonchev–Trinajstić information content (AvgIpc) is 2.35. The molecule has 0 fully saturated rings. The molecule has 4 heteroatoms. The van der Waals surface area contributed by atoms with Crippen molar-refractivity contribution in [2.24, 2.45) is 0 Å². The number of hydrogen-bond acceptors (Lipinski definition) is 2. The molecule has 0 radical (unpaired) electrons. The number of fused-ring (bicyclic) bond motifs is 1. The zero-order chi connectivity index (χ0) is 11.4. The van der Waals surface area contributed by atoms with Gasteiger partial charge in [0.05, 0.1) is 0 Å². The van der Waals surface area contributed by atoms with E-state index in [4.69, 9.17) is 5.26 Å². The summed E-state index contributed by atoms with van der Waals surface area (Å²) in [6.07, 6.45) is 0.899. The SMILES string of the molecule is N#CSC(CP)c1ccc2ccccc2c1.O. The van der Waals surface area contributed by atoms with Crippen molar-refractivity contribution >= 4 is 31.8 Å². The van der Waals surface area contributed by atoms with E-state index in [0.29, 0.717) is 0 Å². The van der Waals surface area contributed by atoms with Gasteiger partial charge in [-0.3, -0.25) is 0 Å². The van der Waals surface area contributed by atoms with Gasteiger partial charge in [0.25, 0.3) is 0 Å². The van der Waals surface area contributed by atoms with Crippen LogP contribution >= 0.6 is 21.0 Å². The molecule has 0 aliphatic heterocycles. The third-order valence-corrected chi connectivity index (χ3v) is 4.22. The Labute approximate surface area is 108 Å². The molecule has 0 aliphatic carbocycles. The second-order valence-corrected chi connectivity index (χ2v) is 5.00. The number of nitrogens with zero attached hydrogens (tertiary/aromatic N) is 1. The van der Waals surface area contributed by atoms with Gasteiger partial charge < -0.3 is 5.48 Å². The summed E-state index contributed by atoms with van der Waals surface area (Å²) in [4.78, 5) is 0. The molecule has 0 saturated heterocycles. The van der Waals surface area contributed by atoms with Gasteiger partial charge in [0.2, 0.25) is 0 Å². The van der Waals surface area contributed by atoms with Crippen molar-refractivity contribution < 1.29 is 5.48 Å². The van der Waals surface area contributed by atoms with E-state index in [-0.39, 0.29) is 10.7 Å². The third-order valence-electron chi connectivity index (χ3n) is 2.55. The van der Waals surface area contributed by atoms with E-state index in [1.54, 1.807) is 0 Å². The van der Waals surface area contributed by atoms with Crippen molar-refractivity contribution in [2.75, 3.05) is 6.16 Å². The second kappa shape index (κ2) is 6.61. The summed E-state index contributed by atoms with van der Waals surface area (Å²) >= 11 is 1.32. The van der Waals surface area contributed by atoms with E-state index < -0.39 is 0 Å². The fraction of sp³-hybridized carbons (Fsp3) is 0.154. The smallest absolute Gasteiger partial charge is 0.133 e. The summed E-state index contributed by atoms with van der Waals surface area (Å²) in [6.45, 7) is 0. The summed E-state index contributed by atoms with van der Waals surface area (Å²) < 4.78 is 0. The molecular formula is C13H14NOPS. The predicted octanol–water partition coefficient (Wildman–Crippen LogP) is 3.15. The van der Waals surface area contributed by atoms with Crippen molar-refractivity contribution in [3.05, 3.63) is 48.0 Å². The topological polar surface area (TPSA) is 55.3 Å². The lowest BCUT2D eigenvalue weighted by Gasteiger charge is -2.11. The van der Waals surface area contributed by atoms with Gasteiger partial charge in [-0.15, -0.1) is 9.24 Å². The Kier molecular flexibility index (Phi) is 5.44. The zero-order valence-corrected chi connectivity index (χ0v) is 11.2. The largest absolute Gasteiger partial charge is 0.412 e. The van der Waals surface area contributed by atoms with Crippen molar-refractivity contribution in [3.63, 3.8) is 0 Å². The van der Waals surface area contributed by atoms with E-state index in [0.717, 1.165) is 6.16 Å². The first-order valence-corrected chi connectivity index (χ1v) is 6.78. The molecule has 2 aromatic carbocycles. The zero-order valence-electron chi connectivity index (χ0n) is 9.26. The van der Waals surface area contributed by atoms with Gasteiger partial charge in [-0.25, -0.2) is 0 Å². The first kappa shape index (κ1) is 14.0. The minimum absolute atomic E-state index is 0. The summed E-state index contributed by atoms with van der Waals surface area (Å²) in [5.74, 6) is 0. The maximum absolute atomic E-state index is 8.75. The van der Waals surface area contributed by atoms with Gasteiger partial charge in [-0.05, 0) is 40.3 Å². The highest BCUT2D eigenvalue weighted by Gasteiger charge is 2.09. The second-order valence-electron chi connectivity index (χ2n) is 3.54. The van der Waals surface area contributed by atoms with Crippen LogP contribution in [-0.4, -0.2) is 11.6 Å². The molecule has 0 bridgehead atoms. The fourth-order valence-corrected chi connectivity index (χ4v) is 2.79. The van der Waals surface area contributed by atoms with Crippen LogP contribution in [0.15, 0.2) is 42.5 Å². The van der Waals surface area contributed by atoms with Crippen molar-refractivity contribution in [3.8, 4) is 5.40 Å². The lowest BCUT2D eigenvalue weighted by molar-refractivity contribution is 0.824. The lowest BCUT2D eigenvalue weighted by Crippen LogP contribution is -1.93. The number of nitriles is 1. The van der Waals surface area contributed by atoms with Gasteiger partial charge >= 0.3 is 0 Å². The predicted molar refractivity (Wildman–Crippen MR) is 78.1 cm³/mol. The standard InChI is InChI=1S/C13H12NPS.H2O/c14-9-16-13(8-15)12-6-5-10-3-1-2-4-11(10)7-12;/h1-7,13H,8,15H2;1H2. The number of thioether (sulfide) groups is 1. The van der Waals surface area contributed by atoms with Gasteiger partial charge in [0.15, 0.2) is 0 Å². The van der Waals surface area contributed by atoms with Crippen LogP contribution in [0.25, 0.3) is 10.8 Å². The highest BCUT2D eigenvalue weighted by molar-refractivity contribution is 8.04. The van der Waals surface area contributed by atoms with Crippen LogP contribution in [0.5, 0.6) is 0 Å². The van der Waals surface area contributed by atoms with Crippen LogP contribution < -0.4 is 0 Å². The van der Waals surface area contributed by atoms with Crippen LogP contribution in [-0.2, 0) is 0 Å². The molecule has 0 amide bonds. The summed E-state index contributed by atoms with van der Waals surface area (Å²) in [7, 11) is 2.71. The maximum Gasteiger partial charge on any atom is 0.133 e. The van der Waals surface area contributed by atoms with Crippen LogP contribution in [0, 0.1) is 10.7 Å². The molecule has 0 aliphatic rings. The summed E-state index contributed by atoms with van der Waals surface area (Å²) in [5, 5.41) is 13.6. The molecule has 0 saturated carbocycles. The Bertz CT molecular complexity index is 538. The summed E-state index contributed by atoms with van der Waals surface area (Å²) in [6, 6.07) is 14.7. The Morgan fingerprint density at radius 3 is 2.53 bits per heavy atom. The first-order chi connectivity index (χ1) is 7.85. The van der Waals surface area contributed by atoms with E-state index in [9.17, 15) is 0 Å². The maximum atomic E-state index is 8.75. The normalized spacial score (nSPS) is 11.5. The molecule has 0 heterocycles. The van der Waals surface area contributed by atoms with Crippen molar-refractivity contribution in [2.45, 2.75) is 5.25 Å². The highest BCUT2D eigenvalue weighted by atomic mass is 32.2. The minimum atomic E-state index is 0. The van der Waals surface area contributed by atoms with Gasteiger partial charge in [-0.1, -0.05) is 36.4 Å². The molecule has 2 N–H and O–H groups in total. The molecule has 0 aromatic heterocycles. The van der Waals surface area contributed by atoms with Crippen molar-refractivity contribution in [1.82, 2.24) is 0 Å². The van der Waals surface area contributed by atoms with Crippen LogP contribution in [0.2, 0.25) is 0 Å². The van der Waals surface area contributed by atoms with Gasteiger partial charge in [0.1, 0.15) is 5.40 Å². The Hall–Kier alpha value is -1.07. The number of benzene rings is 2. The highest BCUT2D eigenvalue weighted by Crippen LogP contribution is 2.31. The molecule has 2 unspecified atom stereocenters. The van der Waals surface area contributed by atoms with E-state index in [1.165, 1.54) is 28.1 Å². The van der Waals surface area contributed by atoms with Gasteiger partial charge in [-0.2, -0.15) is 5.26 Å². The number of rotatable bonds is 3. The van der Waals surface area contributed by atoms with Crippen LogP contribution in [0.4, 0.5) is 0 Å². The monoisotopic (exact) mass is 263 g/mol. The average molecular weight is 263 g/mol. The third kappa shape index (κ3) is 3.20. The van der Waals surface area contributed by atoms with Crippen molar-refractivity contribution in [1.29, 1.82) is 5.26 Å². The lowest BCUT2D eigenvalue weighted by atomic mass is 10.1. The molecule has 2 nitrogen and oxygen atoms in total. The Morgan fingerprint density at radius 2 is 1.88 bits per heavy atom. The van der Waals surface area contributed by atoms with Gasteiger partial charge in [0, 0.05) is 5.25 Å². The molecule has 17 heavy (non-hydrogen) atoms. The van der Waals surface area contributed by atoms with E-state index >= 15 is 0 Å². The van der Waals surface area contributed by atoms with E-state index in [1.807, 2.05) is 12.1 Å². The Balaban J connectivity index is 0.00000144. The number of hydrogen-bond donors (Lipinski definition) is 0. The molecule has 88 valence electrons. The molecule has 2 rings (SSSR count). The molecule has 2 aromatic rings. The van der Waals surface area contributed by atoms with E-state index in [2.05, 4.69) is 45.0 Å². The van der Waals surface area contributed by atoms with Crippen LogP contribution in [0.3, 0.4) is 0 Å². The first-order valence-electron chi connectivity index (χ1n) is 5.08. The van der Waals surface area contributed by atoms with Crippen LogP contribution in [0.1, 0.15) is 10.8 Å². The quantitative estimate of drug-likeness (QED) is 0.631. The number of thiocyanates is 1. The molecule has 2 atom stereocenters. The Morgan fingerprint density at radius 1 is 1.18 bits per heavy atom. The fourth-order valence-electron chi connectivity index (χ4n) is 1.72. The molecular weight excluding hydrogens is 249 g/mol. The molecule has 0 spiro atoms.